The standard InChI is InChI=1S/C20H21BrO/c1-4-20(2,3)17-10-8-16(9-11-17)19(22)14-7-15-5-12-18(21)13-6-15/h5-14H,4H2,1-3H3. The number of ketones is 1. The van der Waals surface area contributed by atoms with Crippen LogP contribution >= 0.6 is 15.9 Å². The summed E-state index contributed by atoms with van der Waals surface area (Å²) in [6, 6.07) is 15.8. The van der Waals surface area contributed by atoms with E-state index in [1.54, 1.807) is 6.08 Å². The highest BCUT2D eigenvalue weighted by Gasteiger charge is 2.17. The van der Waals surface area contributed by atoms with Gasteiger partial charge in [0, 0.05) is 10.0 Å². The first-order chi connectivity index (χ1) is 10.4. The Bertz CT molecular complexity index is 664. The number of halogens is 1. The lowest BCUT2D eigenvalue weighted by atomic mass is 9.82. The minimum atomic E-state index is 0.0313. The molecule has 0 saturated heterocycles. The molecule has 0 aromatic heterocycles. The van der Waals surface area contributed by atoms with Crippen molar-refractivity contribution in [1.82, 2.24) is 0 Å². The van der Waals surface area contributed by atoms with Gasteiger partial charge < -0.3 is 0 Å². The van der Waals surface area contributed by atoms with E-state index in [1.807, 2.05) is 42.5 Å². The number of benzene rings is 2. The van der Waals surface area contributed by atoms with Gasteiger partial charge in [-0.1, -0.05) is 79.2 Å². The maximum atomic E-state index is 12.2. The van der Waals surface area contributed by atoms with Gasteiger partial charge in [0.1, 0.15) is 0 Å². The van der Waals surface area contributed by atoms with Crippen LogP contribution in [0.3, 0.4) is 0 Å². The highest BCUT2D eigenvalue weighted by Crippen LogP contribution is 2.26. The number of rotatable bonds is 5. The molecule has 2 heteroatoms. The Morgan fingerprint density at radius 2 is 1.64 bits per heavy atom. The maximum absolute atomic E-state index is 12.2. The number of allylic oxidation sites excluding steroid dienone is 1. The van der Waals surface area contributed by atoms with Crippen LogP contribution in [0.15, 0.2) is 59.1 Å². The molecule has 0 aliphatic rings. The molecule has 0 fully saturated rings. The van der Waals surface area contributed by atoms with Gasteiger partial charge in [-0.2, -0.15) is 0 Å². The molecule has 2 aromatic rings. The summed E-state index contributed by atoms with van der Waals surface area (Å²) in [7, 11) is 0. The Labute approximate surface area is 141 Å². The van der Waals surface area contributed by atoms with Gasteiger partial charge in [0.25, 0.3) is 0 Å². The molecular formula is C20H21BrO. The fourth-order valence-electron chi connectivity index (χ4n) is 2.13. The number of hydrogen-bond donors (Lipinski definition) is 0. The predicted molar refractivity (Wildman–Crippen MR) is 97.3 cm³/mol. The third-order valence-corrected chi connectivity index (χ3v) is 4.66. The lowest BCUT2D eigenvalue weighted by molar-refractivity contribution is 0.104. The fourth-order valence-corrected chi connectivity index (χ4v) is 2.40. The van der Waals surface area contributed by atoms with E-state index in [2.05, 4.69) is 48.8 Å². The molecule has 0 spiro atoms. The second-order valence-corrected chi connectivity index (χ2v) is 6.98. The highest BCUT2D eigenvalue weighted by atomic mass is 79.9. The molecule has 114 valence electrons. The molecule has 0 amide bonds. The van der Waals surface area contributed by atoms with Gasteiger partial charge in [0.2, 0.25) is 0 Å². The highest BCUT2D eigenvalue weighted by molar-refractivity contribution is 9.10. The number of carbonyl (C=O) groups excluding carboxylic acids is 1. The average molecular weight is 357 g/mol. The summed E-state index contributed by atoms with van der Waals surface area (Å²) in [5.41, 5.74) is 3.15. The summed E-state index contributed by atoms with van der Waals surface area (Å²) in [6.45, 7) is 6.62. The van der Waals surface area contributed by atoms with Gasteiger partial charge in [0.05, 0.1) is 0 Å². The third-order valence-electron chi connectivity index (χ3n) is 4.13. The number of carbonyl (C=O) groups is 1. The monoisotopic (exact) mass is 356 g/mol. The summed E-state index contributed by atoms with van der Waals surface area (Å²) >= 11 is 3.40. The van der Waals surface area contributed by atoms with E-state index in [9.17, 15) is 4.79 Å². The topological polar surface area (TPSA) is 17.1 Å². The van der Waals surface area contributed by atoms with E-state index in [-0.39, 0.29) is 11.2 Å². The molecule has 0 radical (unpaired) electrons. The van der Waals surface area contributed by atoms with Crippen LogP contribution in [-0.4, -0.2) is 5.78 Å². The lowest BCUT2D eigenvalue weighted by Gasteiger charge is -2.23. The first-order valence-electron chi connectivity index (χ1n) is 7.51. The Morgan fingerprint density at radius 3 is 2.18 bits per heavy atom. The van der Waals surface area contributed by atoms with Crippen LogP contribution in [0, 0.1) is 0 Å². The van der Waals surface area contributed by atoms with Gasteiger partial charge in [-0.15, -0.1) is 0 Å². The van der Waals surface area contributed by atoms with E-state index in [1.165, 1.54) is 5.56 Å². The Hall–Kier alpha value is -1.67. The summed E-state index contributed by atoms with van der Waals surface area (Å²) in [6.07, 6.45) is 4.55. The molecule has 0 bridgehead atoms. The average Bonchev–Trinajstić information content (AvgIpc) is 2.54. The minimum absolute atomic E-state index is 0.0313. The van der Waals surface area contributed by atoms with E-state index < -0.39 is 0 Å². The van der Waals surface area contributed by atoms with Gasteiger partial charge >= 0.3 is 0 Å². The second kappa shape index (κ2) is 7.06. The summed E-state index contributed by atoms with van der Waals surface area (Å²) in [5, 5.41) is 0. The second-order valence-electron chi connectivity index (χ2n) is 6.06. The van der Waals surface area contributed by atoms with Crippen LogP contribution in [0.4, 0.5) is 0 Å². The zero-order chi connectivity index (χ0) is 16.2. The van der Waals surface area contributed by atoms with Gasteiger partial charge in [-0.25, -0.2) is 0 Å². The Kier molecular flexibility index (Phi) is 5.36. The zero-order valence-electron chi connectivity index (χ0n) is 13.3. The van der Waals surface area contributed by atoms with Crippen molar-refractivity contribution in [3.63, 3.8) is 0 Å². The van der Waals surface area contributed by atoms with E-state index >= 15 is 0 Å². The third kappa shape index (κ3) is 4.17. The first-order valence-corrected chi connectivity index (χ1v) is 8.30. The SMILES string of the molecule is CCC(C)(C)c1ccc(C(=O)C=Cc2ccc(Br)cc2)cc1. The van der Waals surface area contributed by atoms with Crippen molar-refractivity contribution in [2.24, 2.45) is 0 Å². The largest absolute Gasteiger partial charge is 0.289 e. The zero-order valence-corrected chi connectivity index (χ0v) is 14.9. The minimum Gasteiger partial charge on any atom is -0.289 e. The van der Waals surface area contributed by atoms with Crippen molar-refractivity contribution in [1.29, 1.82) is 0 Å². The molecular weight excluding hydrogens is 336 g/mol. The van der Waals surface area contributed by atoms with Crippen molar-refractivity contribution in [2.75, 3.05) is 0 Å². The van der Waals surface area contributed by atoms with Crippen LogP contribution in [0.2, 0.25) is 0 Å². The lowest BCUT2D eigenvalue weighted by Crippen LogP contribution is -2.15. The predicted octanol–water partition coefficient (Wildman–Crippen LogP) is 6.03. The summed E-state index contributed by atoms with van der Waals surface area (Å²) in [4.78, 5) is 12.2. The van der Waals surface area contributed by atoms with Crippen LogP contribution in [0.5, 0.6) is 0 Å². The quantitative estimate of drug-likeness (QED) is 0.471. The van der Waals surface area contributed by atoms with E-state index in [0.29, 0.717) is 0 Å². The van der Waals surface area contributed by atoms with Crippen molar-refractivity contribution < 1.29 is 4.79 Å². The van der Waals surface area contributed by atoms with Crippen LogP contribution in [0.25, 0.3) is 6.08 Å². The van der Waals surface area contributed by atoms with Crippen molar-refractivity contribution in [3.05, 3.63) is 75.8 Å². The molecule has 0 N–H and O–H groups in total. The molecule has 1 nitrogen and oxygen atoms in total. The van der Waals surface area contributed by atoms with Crippen molar-refractivity contribution in [3.8, 4) is 0 Å². The van der Waals surface area contributed by atoms with E-state index in [0.717, 1.165) is 22.0 Å². The van der Waals surface area contributed by atoms with Gasteiger partial charge in [-0.3, -0.25) is 4.79 Å². The normalized spacial score (nSPS) is 11.8. The first kappa shape index (κ1) is 16.7. The molecule has 2 rings (SSSR count). The van der Waals surface area contributed by atoms with Crippen LogP contribution < -0.4 is 0 Å². The Balaban J connectivity index is 2.11. The van der Waals surface area contributed by atoms with E-state index in [4.69, 9.17) is 0 Å². The van der Waals surface area contributed by atoms with Gasteiger partial charge in [-0.05, 0) is 41.2 Å². The molecule has 0 saturated carbocycles. The molecule has 22 heavy (non-hydrogen) atoms. The molecule has 0 aliphatic carbocycles. The maximum Gasteiger partial charge on any atom is 0.185 e. The van der Waals surface area contributed by atoms with Crippen molar-refractivity contribution >= 4 is 27.8 Å². The fraction of sp³-hybridized carbons (Fsp3) is 0.250. The Morgan fingerprint density at radius 1 is 1.05 bits per heavy atom. The molecule has 0 aliphatic heterocycles. The molecule has 2 aromatic carbocycles. The summed E-state index contributed by atoms with van der Waals surface area (Å²) in [5.74, 6) is 0.0313. The molecule has 0 atom stereocenters. The van der Waals surface area contributed by atoms with Crippen molar-refractivity contribution in [2.45, 2.75) is 32.6 Å². The molecule has 0 unspecified atom stereocenters. The van der Waals surface area contributed by atoms with Gasteiger partial charge in [0.15, 0.2) is 5.78 Å². The van der Waals surface area contributed by atoms with Crippen LogP contribution in [0.1, 0.15) is 48.7 Å². The summed E-state index contributed by atoms with van der Waals surface area (Å²) < 4.78 is 1.03. The number of hydrogen-bond acceptors (Lipinski definition) is 1. The van der Waals surface area contributed by atoms with Crippen LogP contribution in [-0.2, 0) is 5.41 Å². The molecule has 0 heterocycles. The smallest absolute Gasteiger partial charge is 0.185 e.